The van der Waals surface area contributed by atoms with Gasteiger partial charge in [0.1, 0.15) is 6.20 Å². The molecule has 1 aliphatic heterocycles. The first-order valence-corrected chi connectivity index (χ1v) is 8.45. The van der Waals surface area contributed by atoms with Crippen molar-refractivity contribution in [3.63, 3.8) is 0 Å². The Balaban J connectivity index is 0.00000156. The lowest BCUT2D eigenvalue weighted by Gasteiger charge is -1.97. The van der Waals surface area contributed by atoms with E-state index in [4.69, 9.17) is 0 Å². The topological polar surface area (TPSA) is 25.9 Å². The Kier molecular flexibility index (Phi) is 4.78. The van der Waals surface area contributed by atoms with Crippen molar-refractivity contribution in [1.29, 1.82) is 0 Å². The highest BCUT2D eigenvalue weighted by atomic mass is 79.9. The number of hydrogen-bond donors (Lipinski definition) is 0. The minimum atomic E-state index is 0. The van der Waals surface area contributed by atoms with E-state index in [2.05, 4.69) is 39.6 Å². The minimum Gasteiger partial charge on any atom is -1.00 e. The van der Waals surface area contributed by atoms with Gasteiger partial charge in [0.2, 0.25) is 5.78 Å². The van der Waals surface area contributed by atoms with Gasteiger partial charge >= 0.3 is 0 Å². The summed E-state index contributed by atoms with van der Waals surface area (Å²) in [6, 6.07) is 14.3. The number of halogens is 1. The first-order valence-electron chi connectivity index (χ1n) is 7.57. The standard InChI is InChI=1S/C18H17N2OS.BrH/c21-16(17-8-5-11-22-17)13-19-12-15(14-6-2-1-3-7-14)20-10-4-9-18(19)20;/h1-3,5-8,11-12H,4,9-10,13H2;1H/q+1;/p-1. The Hall–Kier alpha value is -1.72. The van der Waals surface area contributed by atoms with Crippen LogP contribution in [-0.2, 0) is 19.5 Å². The highest BCUT2D eigenvalue weighted by Gasteiger charge is 2.29. The summed E-state index contributed by atoms with van der Waals surface area (Å²) < 4.78 is 4.49. The fraction of sp³-hybridized carbons (Fsp3) is 0.222. The highest BCUT2D eigenvalue weighted by Crippen LogP contribution is 2.24. The number of Topliss-reactive ketones (excluding diaryl/α,β-unsaturated/α-hetero) is 1. The molecule has 0 fully saturated rings. The van der Waals surface area contributed by atoms with Gasteiger partial charge in [0.05, 0.1) is 17.8 Å². The number of imidazole rings is 1. The summed E-state index contributed by atoms with van der Waals surface area (Å²) in [6.45, 7) is 1.47. The van der Waals surface area contributed by atoms with E-state index in [0.29, 0.717) is 6.54 Å². The molecule has 3 heterocycles. The van der Waals surface area contributed by atoms with Crippen molar-refractivity contribution in [3.05, 3.63) is 64.7 Å². The van der Waals surface area contributed by atoms with Gasteiger partial charge in [0.15, 0.2) is 12.2 Å². The second kappa shape index (κ2) is 6.81. The van der Waals surface area contributed by atoms with Crippen molar-refractivity contribution in [2.75, 3.05) is 0 Å². The molecule has 3 aromatic rings. The van der Waals surface area contributed by atoms with Gasteiger partial charge in [0, 0.05) is 5.56 Å². The molecular formula is C18H17BrN2OS. The van der Waals surface area contributed by atoms with E-state index in [1.54, 1.807) is 0 Å². The van der Waals surface area contributed by atoms with Crippen LogP contribution in [-0.4, -0.2) is 10.4 Å². The van der Waals surface area contributed by atoms with E-state index in [9.17, 15) is 4.79 Å². The Bertz CT molecular complexity index is 809. The number of hydrogen-bond acceptors (Lipinski definition) is 2. The third-order valence-electron chi connectivity index (χ3n) is 4.17. The number of rotatable bonds is 4. The molecule has 4 rings (SSSR count). The Labute approximate surface area is 150 Å². The Morgan fingerprint density at radius 1 is 1.17 bits per heavy atom. The third-order valence-corrected chi connectivity index (χ3v) is 5.08. The smallest absolute Gasteiger partial charge is 0.257 e. The van der Waals surface area contributed by atoms with Gasteiger partial charge in [-0.05, 0) is 17.9 Å². The number of ketones is 1. The monoisotopic (exact) mass is 388 g/mol. The average Bonchev–Trinajstić information content (AvgIpc) is 3.27. The van der Waals surface area contributed by atoms with Crippen molar-refractivity contribution in [2.45, 2.75) is 25.9 Å². The maximum Gasteiger partial charge on any atom is 0.257 e. The molecule has 2 aromatic heterocycles. The number of carbonyl (C=O) groups excluding carboxylic acids is 1. The zero-order valence-corrected chi connectivity index (χ0v) is 15.0. The van der Waals surface area contributed by atoms with Gasteiger partial charge in [-0.25, -0.2) is 9.13 Å². The summed E-state index contributed by atoms with van der Waals surface area (Å²) in [5, 5.41) is 1.96. The maximum absolute atomic E-state index is 12.4. The van der Waals surface area contributed by atoms with Crippen molar-refractivity contribution in [2.24, 2.45) is 0 Å². The van der Waals surface area contributed by atoms with Crippen molar-refractivity contribution in [3.8, 4) is 11.3 Å². The molecule has 0 amide bonds. The van der Waals surface area contributed by atoms with Crippen LogP contribution in [0.5, 0.6) is 0 Å². The van der Waals surface area contributed by atoms with Crippen LogP contribution in [0, 0.1) is 0 Å². The Morgan fingerprint density at radius 3 is 2.74 bits per heavy atom. The van der Waals surface area contributed by atoms with E-state index in [0.717, 1.165) is 24.3 Å². The molecular weight excluding hydrogens is 372 g/mol. The molecule has 0 unspecified atom stereocenters. The fourth-order valence-corrected chi connectivity index (χ4v) is 3.81. The van der Waals surface area contributed by atoms with Crippen molar-refractivity contribution >= 4 is 17.1 Å². The van der Waals surface area contributed by atoms with Crippen molar-refractivity contribution in [1.82, 2.24) is 4.57 Å². The van der Waals surface area contributed by atoms with E-state index >= 15 is 0 Å². The van der Waals surface area contributed by atoms with Gasteiger partial charge in [-0.3, -0.25) is 4.79 Å². The molecule has 0 aliphatic carbocycles. The molecule has 0 N–H and O–H groups in total. The van der Waals surface area contributed by atoms with Crippen LogP contribution >= 0.6 is 11.3 Å². The third kappa shape index (κ3) is 3.03. The molecule has 0 saturated heterocycles. The largest absolute Gasteiger partial charge is 1.00 e. The zero-order chi connectivity index (χ0) is 14.9. The molecule has 23 heavy (non-hydrogen) atoms. The number of carbonyl (C=O) groups is 1. The van der Waals surface area contributed by atoms with Crippen LogP contribution in [0.2, 0.25) is 0 Å². The summed E-state index contributed by atoms with van der Waals surface area (Å²) in [5.41, 5.74) is 2.43. The minimum absolute atomic E-state index is 0. The first-order chi connectivity index (χ1) is 10.8. The summed E-state index contributed by atoms with van der Waals surface area (Å²) in [7, 11) is 0. The van der Waals surface area contributed by atoms with Gasteiger partial charge in [-0.1, -0.05) is 36.4 Å². The molecule has 0 spiro atoms. The van der Waals surface area contributed by atoms with E-state index in [1.807, 2.05) is 23.6 Å². The van der Waals surface area contributed by atoms with E-state index < -0.39 is 0 Å². The molecule has 3 nitrogen and oxygen atoms in total. The maximum atomic E-state index is 12.4. The van der Waals surface area contributed by atoms with E-state index in [-0.39, 0.29) is 22.8 Å². The molecule has 0 radical (unpaired) electrons. The lowest BCUT2D eigenvalue weighted by Crippen LogP contribution is -3.00. The van der Waals surface area contributed by atoms with Gasteiger partial charge in [-0.2, -0.15) is 0 Å². The van der Waals surface area contributed by atoms with Crippen LogP contribution < -0.4 is 21.5 Å². The normalized spacial score (nSPS) is 12.7. The molecule has 5 heteroatoms. The Morgan fingerprint density at radius 2 is 2.00 bits per heavy atom. The second-order valence-corrected chi connectivity index (χ2v) is 6.53. The highest BCUT2D eigenvalue weighted by molar-refractivity contribution is 7.12. The lowest BCUT2D eigenvalue weighted by atomic mass is 10.2. The lowest BCUT2D eigenvalue weighted by molar-refractivity contribution is -0.689. The summed E-state index contributed by atoms with van der Waals surface area (Å²) in [4.78, 5) is 13.2. The number of nitrogens with zero attached hydrogens (tertiary/aromatic N) is 2. The first kappa shape index (κ1) is 16.1. The number of aromatic nitrogens is 2. The van der Waals surface area contributed by atoms with E-state index in [1.165, 1.54) is 28.4 Å². The zero-order valence-electron chi connectivity index (χ0n) is 12.6. The van der Waals surface area contributed by atoms with Crippen LogP contribution in [0.25, 0.3) is 11.3 Å². The molecule has 1 aromatic carbocycles. The van der Waals surface area contributed by atoms with Gasteiger partial charge in [0.25, 0.3) is 5.82 Å². The van der Waals surface area contributed by atoms with Gasteiger partial charge < -0.3 is 17.0 Å². The fourth-order valence-electron chi connectivity index (χ4n) is 3.16. The summed E-state index contributed by atoms with van der Waals surface area (Å²) in [5.74, 6) is 1.46. The van der Waals surface area contributed by atoms with Crippen LogP contribution in [0.1, 0.15) is 21.9 Å². The number of thiophene rings is 1. The predicted molar refractivity (Wildman–Crippen MR) is 87.0 cm³/mol. The van der Waals surface area contributed by atoms with Crippen LogP contribution in [0.3, 0.4) is 0 Å². The molecule has 0 atom stereocenters. The molecule has 1 aliphatic rings. The number of benzene rings is 1. The molecule has 0 bridgehead atoms. The van der Waals surface area contributed by atoms with Crippen molar-refractivity contribution < 1.29 is 26.3 Å². The summed E-state index contributed by atoms with van der Waals surface area (Å²) in [6.07, 6.45) is 4.34. The second-order valence-electron chi connectivity index (χ2n) is 5.58. The quantitative estimate of drug-likeness (QED) is 0.467. The van der Waals surface area contributed by atoms with Crippen LogP contribution in [0.15, 0.2) is 54.0 Å². The molecule has 118 valence electrons. The average molecular weight is 389 g/mol. The predicted octanol–water partition coefficient (Wildman–Crippen LogP) is 0.337. The summed E-state index contributed by atoms with van der Waals surface area (Å²) >= 11 is 1.52. The SMILES string of the molecule is O=C(C[n+]1cc(-c2ccccc2)n2c1CCC2)c1cccs1.[Br-]. The van der Waals surface area contributed by atoms with Gasteiger partial charge in [-0.15, -0.1) is 11.3 Å². The number of fused-ring (bicyclic) bond motifs is 1. The molecule has 0 saturated carbocycles. The van der Waals surface area contributed by atoms with Crippen LogP contribution in [0.4, 0.5) is 0 Å².